The standard InChI is InChI=1S/C23H21BrN2O4/c1-28-19-11-18(12-20(13-19)29-2)23(27)26-25-14-17-8-9-22(21(24)10-17)30-15-16-6-4-3-5-7-16/h3-14H,15H2,1-2H3,(H,26,27)/b25-14-. The first-order valence-corrected chi connectivity index (χ1v) is 9.91. The predicted octanol–water partition coefficient (Wildman–Crippen LogP) is 4.81. The van der Waals surface area contributed by atoms with Gasteiger partial charge in [0.05, 0.1) is 24.9 Å². The largest absolute Gasteiger partial charge is 0.497 e. The lowest BCUT2D eigenvalue weighted by molar-refractivity contribution is 0.0954. The Kier molecular flexibility index (Phi) is 7.45. The molecule has 1 amide bonds. The van der Waals surface area contributed by atoms with Crippen molar-refractivity contribution in [2.45, 2.75) is 6.61 Å². The van der Waals surface area contributed by atoms with Gasteiger partial charge in [0.1, 0.15) is 23.9 Å². The number of amides is 1. The van der Waals surface area contributed by atoms with Crippen LogP contribution in [0.4, 0.5) is 0 Å². The molecule has 0 aliphatic heterocycles. The molecule has 0 heterocycles. The van der Waals surface area contributed by atoms with E-state index in [9.17, 15) is 4.79 Å². The van der Waals surface area contributed by atoms with Crippen LogP contribution in [0.3, 0.4) is 0 Å². The van der Waals surface area contributed by atoms with Gasteiger partial charge in [-0.25, -0.2) is 5.43 Å². The quantitative estimate of drug-likeness (QED) is 0.380. The van der Waals surface area contributed by atoms with E-state index in [1.54, 1.807) is 24.4 Å². The van der Waals surface area contributed by atoms with Crippen LogP contribution in [-0.2, 0) is 6.61 Å². The van der Waals surface area contributed by atoms with Crippen molar-refractivity contribution in [2.75, 3.05) is 14.2 Å². The monoisotopic (exact) mass is 468 g/mol. The molecular formula is C23H21BrN2O4. The molecule has 0 saturated carbocycles. The normalized spacial score (nSPS) is 10.6. The van der Waals surface area contributed by atoms with Crippen molar-refractivity contribution in [2.24, 2.45) is 5.10 Å². The molecule has 0 spiro atoms. The lowest BCUT2D eigenvalue weighted by Crippen LogP contribution is -2.17. The van der Waals surface area contributed by atoms with Crippen LogP contribution in [0.25, 0.3) is 0 Å². The molecular weight excluding hydrogens is 448 g/mol. The molecule has 6 nitrogen and oxygen atoms in total. The maximum atomic E-state index is 12.3. The summed E-state index contributed by atoms with van der Waals surface area (Å²) in [6.07, 6.45) is 1.56. The second kappa shape index (κ2) is 10.5. The predicted molar refractivity (Wildman–Crippen MR) is 120 cm³/mol. The summed E-state index contributed by atoms with van der Waals surface area (Å²) >= 11 is 3.51. The number of carbonyl (C=O) groups is 1. The van der Waals surface area contributed by atoms with Gasteiger partial charge in [0.25, 0.3) is 5.91 Å². The minimum atomic E-state index is -0.370. The molecule has 154 valence electrons. The fourth-order valence-corrected chi connectivity index (χ4v) is 3.13. The zero-order valence-electron chi connectivity index (χ0n) is 16.6. The third kappa shape index (κ3) is 5.84. The Morgan fingerprint density at radius 1 is 1.00 bits per heavy atom. The van der Waals surface area contributed by atoms with Crippen LogP contribution in [0.15, 0.2) is 76.3 Å². The summed E-state index contributed by atoms with van der Waals surface area (Å²) in [5, 5.41) is 4.03. The number of methoxy groups -OCH3 is 2. The molecule has 0 aliphatic rings. The van der Waals surface area contributed by atoms with Gasteiger partial charge in [-0.05, 0) is 57.4 Å². The number of ether oxygens (including phenoxy) is 3. The van der Waals surface area contributed by atoms with E-state index in [0.29, 0.717) is 23.7 Å². The number of hydrogen-bond acceptors (Lipinski definition) is 5. The summed E-state index contributed by atoms with van der Waals surface area (Å²) < 4.78 is 17.0. The number of nitrogens with zero attached hydrogens (tertiary/aromatic N) is 1. The number of nitrogens with one attached hydrogen (secondary N) is 1. The van der Waals surface area contributed by atoms with Gasteiger partial charge < -0.3 is 14.2 Å². The van der Waals surface area contributed by atoms with Crippen molar-refractivity contribution in [3.8, 4) is 17.2 Å². The van der Waals surface area contributed by atoms with Crippen LogP contribution in [0.5, 0.6) is 17.2 Å². The van der Waals surface area contributed by atoms with E-state index in [1.165, 1.54) is 14.2 Å². The first-order valence-electron chi connectivity index (χ1n) is 9.12. The van der Waals surface area contributed by atoms with Crippen LogP contribution in [-0.4, -0.2) is 26.3 Å². The third-order valence-electron chi connectivity index (χ3n) is 4.19. The van der Waals surface area contributed by atoms with E-state index in [4.69, 9.17) is 14.2 Å². The summed E-state index contributed by atoms with van der Waals surface area (Å²) in [6.45, 7) is 0.479. The minimum Gasteiger partial charge on any atom is -0.497 e. The Balaban J connectivity index is 1.61. The van der Waals surface area contributed by atoms with Crippen molar-refractivity contribution in [1.29, 1.82) is 0 Å². The smallest absolute Gasteiger partial charge is 0.271 e. The number of hydrazone groups is 1. The summed E-state index contributed by atoms with van der Waals surface area (Å²) in [5.74, 6) is 1.41. The van der Waals surface area contributed by atoms with Gasteiger partial charge in [0.15, 0.2) is 0 Å². The first kappa shape index (κ1) is 21.4. The molecule has 1 N–H and O–H groups in total. The molecule has 30 heavy (non-hydrogen) atoms. The van der Waals surface area contributed by atoms with E-state index in [-0.39, 0.29) is 5.91 Å². The second-order valence-corrected chi connectivity index (χ2v) is 7.12. The van der Waals surface area contributed by atoms with Crippen molar-refractivity contribution >= 4 is 28.1 Å². The molecule has 0 atom stereocenters. The highest BCUT2D eigenvalue weighted by atomic mass is 79.9. The molecule has 0 radical (unpaired) electrons. The Morgan fingerprint density at radius 3 is 2.33 bits per heavy atom. The molecule has 0 bridgehead atoms. The zero-order valence-corrected chi connectivity index (χ0v) is 18.2. The maximum Gasteiger partial charge on any atom is 0.271 e. The van der Waals surface area contributed by atoms with Gasteiger partial charge >= 0.3 is 0 Å². The molecule has 0 aromatic heterocycles. The maximum absolute atomic E-state index is 12.3. The summed E-state index contributed by atoms with van der Waals surface area (Å²) in [7, 11) is 3.05. The van der Waals surface area contributed by atoms with Crippen molar-refractivity contribution in [1.82, 2.24) is 5.43 Å². The zero-order chi connectivity index (χ0) is 21.3. The van der Waals surface area contributed by atoms with Crippen LogP contribution in [0.1, 0.15) is 21.5 Å². The van der Waals surface area contributed by atoms with Gasteiger partial charge in [0.2, 0.25) is 0 Å². The van der Waals surface area contributed by atoms with E-state index in [1.807, 2.05) is 48.5 Å². The lowest BCUT2D eigenvalue weighted by atomic mass is 10.2. The summed E-state index contributed by atoms with van der Waals surface area (Å²) in [6, 6.07) is 20.4. The van der Waals surface area contributed by atoms with Crippen molar-refractivity contribution in [3.63, 3.8) is 0 Å². The molecule has 7 heteroatoms. The van der Waals surface area contributed by atoms with Gasteiger partial charge in [-0.1, -0.05) is 30.3 Å². The number of halogens is 1. The number of benzene rings is 3. The molecule has 0 fully saturated rings. The second-order valence-electron chi connectivity index (χ2n) is 6.26. The molecule has 3 rings (SSSR count). The van der Waals surface area contributed by atoms with Gasteiger partial charge in [-0.2, -0.15) is 5.10 Å². The Labute approximate surface area is 183 Å². The van der Waals surface area contributed by atoms with Crippen molar-refractivity contribution < 1.29 is 19.0 Å². The number of carbonyl (C=O) groups excluding carboxylic acids is 1. The minimum absolute atomic E-state index is 0.370. The summed E-state index contributed by atoms with van der Waals surface area (Å²) in [4.78, 5) is 12.3. The third-order valence-corrected chi connectivity index (χ3v) is 4.81. The van der Waals surface area contributed by atoms with Crippen molar-refractivity contribution in [3.05, 3.63) is 87.9 Å². The van der Waals surface area contributed by atoms with Crippen LogP contribution in [0.2, 0.25) is 0 Å². The fraction of sp³-hybridized carbons (Fsp3) is 0.130. The molecule has 0 unspecified atom stereocenters. The fourth-order valence-electron chi connectivity index (χ4n) is 2.62. The van der Waals surface area contributed by atoms with E-state index in [2.05, 4.69) is 26.5 Å². The highest BCUT2D eigenvalue weighted by Crippen LogP contribution is 2.26. The van der Waals surface area contributed by atoms with Crippen LogP contribution >= 0.6 is 15.9 Å². The van der Waals surface area contributed by atoms with Gasteiger partial charge in [-0.3, -0.25) is 4.79 Å². The van der Waals surface area contributed by atoms with E-state index in [0.717, 1.165) is 21.3 Å². The Hall–Kier alpha value is -3.32. The van der Waals surface area contributed by atoms with E-state index >= 15 is 0 Å². The topological polar surface area (TPSA) is 69.2 Å². The molecule has 3 aromatic rings. The summed E-state index contributed by atoms with van der Waals surface area (Å²) in [5.41, 5.74) is 4.78. The average Bonchev–Trinajstić information content (AvgIpc) is 2.78. The number of rotatable bonds is 8. The van der Waals surface area contributed by atoms with Gasteiger partial charge in [-0.15, -0.1) is 0 Å². The highest BCUT2D eigenvalue weighted by Gasteiger charge is 2.09. The van der Waals surface area contributed by atoms with Crippen LogP contribution < -0.4 is 19.6 Å². The molecule has 0 aliphatic carbocycles. The first-order chi connectivity index (χ1) is 14.6. The highest BCUT2D eigenvalue weighted by molar-refractivity contribution is 9.10. The Bertz CT molecular complexity index is 1020. The average molecular weight is 469 g/mol. The van der Waals surface area contributed by atoms with Crippen LogP contribution in [0, 0.1) is 0 Å². The number of hydrogen-bond donors (Lipinski definition) is 1. The molecule has 3 aromatic carbocycles. The SMILES string of the molecule is COc1cc(OC)cc(C(=O)N/N=C\c2ccc(OCc3ccccc3)c(Br)c2)c1. The van der Waals surface area contributed by atoms with E-state index < -0.39 is 0 Å². The van der Waals surface area contributed by atoms with Gasteiger partial charge in [0, 0.05) is 11.6 Å². The Morgan fingerprint density at radius 2 is 1.70 bits per heavy atom. The lowest BCUT2D eigenvalue weighted by Gasteiger charge is -2.09. The molecule has 0 saturated heterocycles.